The predicted molar refractivity (Wildman–Crippen MR) is 62.5 cm³/mol. The summed E-state index contributed by atoms with van der Waals surface area (Å²) in [6.07, 6.45) is 2.38. The van der Waals surface area contributed by atoms with Crippen molar-refractivity contribution < 1.29 is 14.6 Å². The smallest absolute Gasteiger partial charge is 0.303 e. The van der Waals surface area contributed by atoms with Gasteiger partial charge in [-0.2, -0.15) is 0 Å². The third kappa shape index (κ3) is 3.19. The molecule has 1 rings (SSSR count). The molecule has 0 amide bonds. The first-order chi connectivity index (χ1) is 7.48. The van der Waals surface area contributed by atoms with Gasteiger partial charge >= 0.3 is 5.97 Å². The Balaban J connectivity index is 2.62. The quantitative estimate of drug-likeness (QED) is 0.778. The second kappa shape index (κ2) is 5.64. The Hall–Kier alpha value is -0.610. The van der Waals surface area contributed by atoms with E-state index in [0.29, 0.717) is 6.61 Å². The van der Waals surface area contributed by atoms with Gasteiger partial charge in [-0.25, -0.2) is 0 Å². The first-order valence-electron chi connectivity index (χ1n) is 5.94. The Morgan fingerprint density at radius 3 is 2.81 bits per heavy atom. The largest absolute Gasteiger partial charge is 0.481 e. The fraction of sp³-hybridized carbons (Fsp3) is 0.917. The number of hydrogen-bond donors (Lipinski definition) is 1. The summed E-state index contributed by atoms with van der Waals surface area (Å²) in [6.45, 7) is 6.94. The molecule has 1 heterocycles. The summed E-state index contributed by atoms with van der Waals surface area (Å²) in [5, 5.41) is 8.92. The van der Waals surface area contributed by atoms with Crippen LogP contribution in [-0.4, -0.2) is 48.3 Å². The topological polar surface area (TPSA) is 49.8 Å². The number of carboxylic acids is 1. The van der Waals surface area contributed by atoms with E-state index in [2.05, 4.69) is 18.7 Å². The number of methoxy groups -OCH3 is 1. The minimum absolute atomic E-state index is 0.0326. The van der Waals surface area contributed by atoms with Crippen LogP contribution in [0.4, 0.5) is 0 Å². The Morgan fingerprint density at radius 1 is 1.56 bits per heavy atom. The molecule has 4 nitrogen and oxygen atoms in total. The lowest BCUT2D eigenvalue weighted by atomic mass is 9.77. The van der Waals surface area contributed by atoms with Crippen LogP contribution < -0.4 is 0 Å². The van der Waals surface area contributed by atoms with Crippen molar-refractivity contribution in [2.45, 2.75) is 38.6 Å². The van der Waals surface area contributed by atoms with Crippen LogP contribution in [0.15, 0.2) is 0 Å². The number of likely N-dealkylation sites (tertiary alicyclic amines) is 1. The highest BCUT2D eigenvalue weighted by molar-refractivity contribution is 5.67. The summed E-state index contributed by atoms with van der Waals surface area (Å²) in [5.41, 5.74) is -0.0326. The summed E-state index contributed by atoms with van der Waals surface area (Å²) in [6, 6.07) is 0. The fourth-order valence-electron chi connectivity index (χ4n) is 2.59. The van der Waals surface area contributed by atoms with Crippen molar-refractivity contribution in [2.24, 2.45) is 5.92 Å². The monoisotopic (exact) mass is 229 g/mol. The van der Waals surface area contributed by atoms with Gasteiger partial charge in [-0.05, 0) is 39.2 Å². The number of nitrogens with zero attached hydrogens (tertiary/aromatic N) is 1. The maximum Gasteiger partial charge on any atom is 0.303 e. The SMILES string of the molecule is COCCN1CCCC(CC(=O)O)C1(C)C. The number of piperidine rings is 1. The van der Waals surface area contributed by atoms with E-state index in [1.165, 1.54) is 0 Å². The summed E-state index contributed by atoms with van der Waals surface area (Å²) in [5.74, 6) is -0.442. The minimum Gasteiger partial charge on any atom is -0.481 e. The lowest BCUT2D eigenvalue weighted by Crippen LogP contribution is -2.54. The zero-order chi connectivity index (χ0) is 12.2. The zero-order valence-corrected chi connectivity index (χ0v) is 10.5. The maximum absolute atomic E-state index is 10.8. The van der Waals surface area contributed by atoms with E-state index in [0.717, 1.165) is 25.9 Å². The molecule has 0 bridgehead atoms. The molecule has 0 radical (unpaired) electrons. The van der Waals surface area contributed by atoms with Gasteiger partial charge in [0.2, 0.25) is 0 Å². The van der Waals surface area contributed by atoms with Crippen LogP contribution in [0.5, 0.6) is 0 Å². The van der Waals surface area contributed by atoms with Crippen molar-refractivity contribution in [3.63, 3.8) is 0 Å². The summed E-state index contributed by atoms with van der Waals surface area (Å²) in [4.78, 5) is 13.2. The lowest BCUT2D eigenvalue weighted by Gasteiger charge is -2.47. The minimum atomic E-state index is -0.688. The maximum atomic E-state index is 10.8. The van der Waals surface area contributed by atoms with E-state index in [4.69, 9.17) is 9.84 Å². The van der Waals surface area contributed by atoms with Gasteiger partial charge < -0.3 is 9.84 Å². The Bertz CT molecular complexity index is 240. The molecule has 0 spiro atoms. The highest BCUT2D eigenvalue weighted by Gasteiger charge is 2.38. The molecule has 16 heavy (non-hydrogen) atoms. The first-order valence-corrected chi connectivity index (χ1v) is 5.94. The molecule has 1 saturated heterocycles. The van der Waals surface area contributed by atoms with Gasteiger partial charge in [-0.1, -0.05) is 0 Å². The molecule has 1 aliphatic rings. The van der Waals surface area contributed by atoms with Gasteiger partial charge in [0.15, 0.2) is 0 Å². The van der Waals surface area contributed by atoms with Gasteiger partial charge in [0, 0.05) is 25.6 Å². The molecule has 0 aromatic carbocycles. The zero-order valence-electron chi connectivity index (χ0n) is 10.5. The molecule has 1 atom stereocenters. The van der Waals surface area contributed by atoms with E-state index < -0.39 is 5.97 Å². The molecule has 1 aliphatic heterocycles. The van der Waals surface area contributed by atoms with Crippen LogP contribution in [0.3, 0.4) is 0 Å². The standard InChI is InChI=1S/C12H23NO3/c1-12(2)10(9-11(14)15)5-4-6-13(12)7-8-16-3/h10H,4-9H2,1-3H3,(H,14,15). The second-order valence-corrected chi connectivity index (χ2v) is 5.07. The third-order valence-corrected chi connectivity index (χ3v) is 3.78. The van der Waals surface area contributed by atoms with Crippen LogP contribution in [0.2, 0.25) is 0 Å². The number of rotatable bonds is 5. The van der Waals surface area contributed by atoms with E-state index in [9.17, 15) is 4.79 Å². The Kier molecular flexibility index (Phi) is 4.74. The van der Waals surface area contributed by atoms with E-state index in [1.807, 2.05) is 0 Å². The molecule has 0 aliphatic carbocycles. The average Bonchev–Trinajstić information content (AvgIpc) is 2.18. The van der Waals surface area contributed by atoms with Crippen molar-refractivity contribution >= 4 is 5.97 Å². The fourth-order valence-corrected chi connectivity index (χ4v) is 2.59. The molecule has 1 N–H and O–H groups in total. The molecule has 94 valence electrons. The molecule has 0 saturated carbocycles. The number of hydrogen-bond acceptors (Lipinski definition) is 3. The molecular weight excluding hydrogens is 206 g/mol. The Labute approximate surface area is 97.6 Å². The van der Waals surface area contributed by atoms with Gasteiger partial charge in [0.25, 0.3) is 0 Å². The van der Waals surface area contributed by atoms with E-state index >= 15 is 0 Å². The Morgan fingerprint density at radius 2 is 2.25 bits per heavy atom. The van der Waals surface area contributed by atoms with Gasteiger partial charge in [0.05, 0.1) is 6.61 Å². The number of ether oxygens (including phenoxy) is 1. The van der Waals surface area contributed by atoms with Gasteiger partial charge in [-0.3, -0.25) is 9.69 Å². The van der Waals surface area contributed by atoms with Crippen LogP contribution in [0.1, 0.15) is 33.1 Å². The summed E-state index contributed by atoms with van der Waals surface area (Å²) in [7, 11) is 1.70. The highest BCUT2D eigenvalue weighted by Crippen LogP contribution is 2.35. The number of carbonyl (C=O) groups is 1. The van der Waals surface area contributed by atoms with Crippen molar-refractivity contribution in [2.75, 3.05) is 26.8 Å². The number of aliphatic carboxylic acids is 1. The summed E-state index contributed by atoms with van der Waals surface area (Å²) >= 11 is 0. The van der Waals surface area contributed by atoms with Crippen molar-refractivity contribution in [1.82, 2.24) is 4.90 Å². The van der Waals surface area contributed by atoms with Gasteiger partial charge in [-0.15, -0.1) is 0 Å². The average molecular weight is 229 g/mol. The van der Waals surface area contributed by atoms with Crippen molar-refractivity contribution in [1.29, 1.82) is 0 Å². The third-order valence-electron chi connectivity index (χ3n) is 3.78. The molecule has 0 aromatic heterocycles. The number of carboxylic acid groups (broad SMARTS) is 1. The molecule has 1 unspecified atom stereocenters. The molecular formula is C12H23NO3. The van der Waals surface area contributed by atoms with Crippen molar-refractivity contribution in [3.05, 3.63) is 0 Å². The van der Waals surface area contributed by atoms with E-state index in [1.54, 1.807) is 7.11 Å². The molecule has 1 fully saturated rings. The highest BCUT2D eigenvalue weighted by atomic mass is 16.5. The van der Waals surface area contributed by atoms with Crippen molar-refractivity contribution in [3.8, 4) is 0 Å². The molecule has 4 heteroatoms. The van der Waals surface area contributed by atoms with Gasteiger partial charge in [0.1, 0.15) is 0 Å². The van der Waals surface area contributed by atoms with Crippen LogP contribution in [0, 0.1) is 5.92 Å². The van der Waals surface area contributed by atoms with Crippen LogP contribution >= 0.6 is 0 Å². The summed E-state index contributed by atoms with van der Waals surface area (Å²) < 4.78 is 5.10. The van der Waals surface area contributed by atoms with E-state index in [-0.39, 0.29) is 17.9 Å². The van der Waals surface area contributed by atoms with Crippen LogP contribution in [0.25, 0.3) is 0 Å². The lowest BCUT2D eigenvalue weighted by molar-refractivity contribution is -0.140. The molecule has 0 aromatic rings. The normalized spacial score (nSPS) is 25.6. The van der Waals surface area contributed by atoms with Crippen LogP contribution in [-0.2, 0) is 9.53 Å². The second-order valence-electron chi connectivity index (χ2n) is 5.07. The predicted octanol–water partition coefficient (Wildman–Crippen LogP) is 1.60. The first kappa shape index (κ1) is 13.5.